The molecular weight excluding hydrogens is 391 g/mol. The van der Waals surface area contributed by atoms with Gasteiger partial charge in [-0.05, 0) is 38.8 Å². The van der Waals surface area contributed by atoms with E-state index in [9.17, 15) is 0 Å². The molecular formula is C16H33IN4O. The molecule has 0 aromatic carbocycles. The third kappa shape index (κ3) is 6.20. The number of hydrogen-bond donors (Lipinski definition) is 1. The molecule has 2 unspecified atom stereocenters. The van der Waals surface area contributed by atoms with E-state index in [1.807, 2.05) is 0 Å². The number of halogens is 1. The van der Waals surface area contributed by atoms with Gasteiger partial charge in [-0.15, -0.1) is 24.0 Å². The summed E-state index contributed by atoms with van der Waals surface area (Å²) in [7, 11) is 2.15. The number of rotatable bonds is 6. The van der Waals surface area contributed by atoms with Crippen LogP contribution in [0.4, 0.5) is 0 Å². The van der Waals surface area contributed by atoms with Gasteiger partial charge in [-0.25, -0.2) is 0 Å². The largest absolute Gasteiger partial charge is 0.381 e. The molecule has 0 spiro atoms. The van der Waals surface area contributed by atoms with Gasteiger partial charge in [0.05, 0.1) is 6.61 Å². The molecule has 0 aromatic heterocycles. The van der Waals surface area contributed by atoms with Crippen LogP contribution in [0, 0.1) is 11.8 Å². The Labute approximate surface area is 152 Å². The summed E-state index contributed by atoms with van der Waals surface area (Å²) in [4.78, 5) is 9.66. The summed E-state index contributed by atoms with van der Waals surface area (Å²) in [6.45, 7) is 12.7. The zero-order valence-corrected chi connectivity index (χ0v) is 16.7. The molecule has 2 heterocycles. The first kappa shape index (κ1) is 20.0. The Morgan fingerprint density at radius 2 is 2.14 bits per heavy atom. The van der Waals surface area contributed by atoms with E-state index in [1.54, 1.807) is 0 Å². The fourth-order valence-electron chi connectivity index (χ4n) is 3.24. The van der Waals surface area contributed by atoms with Crippen molar-refractivity contribution in [1.82, 2.24) is 15.1 Å². The van der Waals surface area contributed by atoms with Crippen molar-refractivity contribution >= 4 is 29.9 Å². The standard InChI is InChI=1S/C16H32N4O.HI/c1-4-17-16(19(3)11-15-7-9-21-13-15)18-10-14-6-8-20(5-2)12-14;/h14-15H,4-13H2,1-3H3,(H,17,18);1H. The second kappa shape index (κ2) is 10.6. The maximum atomic E-state index is 5.47. The topological polar surface area (TPSA) is 40.1 Å². The van der Waals surface area contributed by atoms with Gasteiger partial charge in [0.25, 0.3) is 0 Å². The minimum Gasteiger partial charge on any atom is -0.381 e. The van der Waals surface area contributed by atoms with Gasteiger partial charge in [0.15, 0.2) is 5.96 Å². The minimum absolute atomic E-state index is 0. The van der Waals surface area contributed by atoms with Gasteiger partial charge < -0.3 is 19.9 Å². The number of nitrogens with zero attached hydrogens (tertiary/aromatic N) is 3. The summed E-state index contributed by atoms with van der Waals surface area (Å²) < 4.78 is 5.47. The predicted octanol–water partition coefficient (Wildman–Crippen LogP) is 1.88. The van der Waals surface area contributed by atoms with E-state index in [0.717, 1.165) is 44.7 Å². The molecule has 2 atom stereocenters. The smallest absolute Gasteiger partial charge is 0.193 e. The van der Waals surface area contributed by atoms with Gasteiger partial charge in [-0.1, -0.05) is 6.92 Å². The highest BCUT2D eigenvalue weighted by Gasteiger charge is 2.22. The summed E-state index contributed by atoms with van der Waals surface area (Å²) in [5.74, 6) is 2.43. The molecule has 2 aliphatic heterocycles. The molecule has 5 nitrogen and oxygen atoms in total. The van der Waals surface area contributed by atoms with E-state index in [1.165, 1.54) is 32.5 Å². The van der Waals surface area contributed by atoms with Crippen molar-refractivity contribution < 1.29 is 4.74 Å². The number of nitrogens with one attached hydrogen (secondary N) is 1. The second-order valence-electron chi connectivity index (χ2n) is 6.35. The van der Waals surface area contributed by atoms with E-state index < -0.39 is 0 Å². The van der Waals surface area contributed by atoms with Crippen LogP contribution in [0.1, 0.15) is 26.7 Å². The van der Waals surface area contributed by atoms with Crippen LogP contribution < -0.4 is 5.32 Å². The Morgan fingerprint density at radius 1 is 1.32 bits per heavy atom. The molecule has 2 rings (SSSR count). The van der Waals surface area contributed by atoms with E-state index in [-0.39, 0.29) is 24.0 Å². The SMILES string of the molecule is CCNC(=NCC1CCN(CC)C1)N(C)CC1CCOC1.I. The van der Waals surface area contributed by atoms with E-state index in [0.29, 0.717) is 5.92 Å². The van der Waals surface area contributed by atoms with Crippen LogP contribution in [-0.2, 0) is 4.74 Å². The van der Waals surface area contributed by atoms with E-state index in [4.69, 9.17) is 9.73 Å². The van der Waals surface area contributed by atoms with Crippen molar-refractivity contribution in [2.75, 3.05) is 59.5 Å². The average Bonchev–Trinajstić information content (AvgIpc) is 3.14. The Bertz CT molecular complexity index is 334. The monoisotopic (exact) mass is 424 g/mol. The van der Waals surface area contributed by atoms with Gasteiger partial charge in [0.1, 0.15) is 0 Å². The lowest BCUT2D eigenvalue weighted by Gasteiger charge is -2.25. The molecule has 0 saturated carbocycles. The first-order valence-corrected chi connectivity index (χ1v) is 8.52. The van der Waals surface area contributed by atoms with Gasteiger partial charge in [0.2, 0.25) is 0 Å². The van der Waals surface area contributed by atoms with Crippen molar-refractivity contribution in [2.45, 2.75) is 26.7 Å². The number of aliphatic imine (C=N–C) groups is 1. The van der Waals surface area contributed by atoms with E-state index >= 15 is 0 Å². The molecule has 130 valence electrons. The van der Waals surface area contributed by atoms with Crippen LogP contribution >= 0.6 is 24.0 Å². The van der Waals surface area contributed by atoms with Crippen molar-refractivity contribution in [3.8, 4) is 0 Å². The Hall–Kier alpha value is -0.0800. The van der Waals surface area contributed by atoms with Crippen molar-refractivity contribution in [3.63, 3.8) is 0 Å². The molecule has 0 radical (unpaired) electrons. The highest BCUT2D eigenvalue weighted by molar-refractivity contribution is 14.0. The van der Waals surface area contributed by atoms with Crippen molar-refractivity contribution in [2.24, 2.45) is 16.8 Å². The highest BCUT2D eigenvalue weighted by atomic mass is 127. The molecule has 2 aliphatic rings. The quantitative estimate of drug-likeness (QED) is 0.402. The molecule has 22 heavy (non-hydrogen) atoms. The average molecular weight is 424 g/mol. The van der Waals surface area contributed by atoms with Crippen LogP contribution in [0.15, 0.2) is 4.99 Å². The number of ether oxygens (including phenoxy) is 1. The van der Waals surface area contributed by atoms with Gasteiger partial charge in [-0.2, -0.15) is 0 Å². The van der Waals surface area contributed by atoms with Crippen molar-refractivity contribution in [3.05, 3.63) is 0 Å². The van der Waals surface area contributed by atoms with E-state index in [2.05, 4.69) is 36.0 Å². The van der Waals surface area contributed by atoms with Crippen LogP contribution in [0.3, 0.4) is 0 Å². The number of likely N-dealkylation sites (tertiary alicyclic amines) is 1. The maximum absolute atomic E-state index is 5.47. The summed E-state index contributed by atoms with van der Waals surface area (Å²) in [6, 6.07) is 0. The van der Waals surface area contributed by atoms with Crippen LogP contribution in [0.5, 0.6) is 0 Å². The van der Waals surface area contributed by atoms with Crippen molar-refractivity contribution in [1.29, 1.82) is 0 Å². The Balaban J connectivity index is 0.00000242. The molecule has 0 aromatic rings. The van der Waals surface area contributed by atoms with Gasteiger partial charge >= 0.3 is 0 Å². The lowest BCUT2D eigenvalue weighted by Crippen LogP contribution is -2.41. The van der Waals surface area contributed by atoms with Gasteiger partial charge in [-0.3, -0.25) is 4.99 Å². The summed E-state index contributed by atoms with van der Waals surface area (Å²) in [5.41, 5.74) is 0. The van der Waals surface area contributed by atoms with Crippen LogP contribution in [-0.4, -0.2) is 75.3 Å². The third-order valence-corrected chi connectivity index (χ3v) is 4.57. The molecule has 1 N–H and O–H groups in total. The first-order valence-electron chi connectivity index (χ1n) is 8.52. The third-order valence-electron chi connectivity index (χ3n) is 4.57. The summed E-state index contributed by atoms with van der Waals surface area (Å²) >= 11 is 0. The lowest BCUT2D eigenvalue weighted by atomic mass is 10.1. The Kier molecular flexibility index (Phi) is 9.66. The Morgan fingerprint density at radius 3 is 2.73 bits per heavy atom. The second-order valence-corrected chi connectivity index (χ2v) is 6.35. The van der Waals surface area contributed by atoms with Crippen LogP contribution in [0.2, 0.25) is 0 Å². The molecule has 0 aliphatic carbocycles. The highest BCUT2D eigenvalue weighted by Crippen LogP contribution is 2.16. The fraction of sp³-hybridized carbons (Fsp3) is 0.938. The first-order chi connectivity index (χ1) is 10.2. The van der Waals surface area contributed by atoms with Gasteiger partial charge in [0, 0.05) is 45.8 Å². The predicted molar refractivity (Wildman–Crippen MR) is 103 cm³/mol. The molecule has 2 saturated heterocycles. The molecule has 0 amide bonds. The van der Waals surface area contributed by atoms with Crippen LogP contribution in [0.25, 0.3) is 0 Å². The summed E-state index contributed by atoms with van der Waals surface area (Å²) in [5, 5.41) is 3.43. The fourth-order valence-corrected chi connectivity index (χ4v) is 3.24. The molecule has 0 bridgehead atoms. The number of hydrogen-bond acceptors (Lipinski definition) is 3. The summed E-state index contributed by atoms with van der Waals surface area (Å²) in [6.07, 6.45) is 2.47. The zero-order chi connectivity index (χ0) is 15.1. The number of guanidine groups is 1. The normalized spacial score (nSPS) is 26.0. The lowest BCUT2D eigenvalue weighted by molar-refractivity contribution is 0.181. The maximum Gasteiger partial charge on any atom is 0.193 e. The molecule has 2 fully saturated rings. The molecule has 6 heteroatoms. The minimum atomic E-state index is 0. The zero-order valence-electron chi connectivity index (χ0n) is 14.4.